The maximum atomic E-state index is 12.0. The van der Waals surface area contributed by atoms with E-state index in [2.05, 4.69) is 36.5 Å². The fourth-order valence-corrected chi connectivity index (χ4v) is 2.30. The first-order valence-corrected chi connectivity index (χ1v) is 6.83. The average Bonchev–Trinajstić information content (AvgIpc) is 2.30. The molecule has 0 bridgehead atoms. The van der Waals surface area contributed by atoms with Crippen molar-refractivity contribution in [3.63, 3.8) is 0 Å². The number of alkyl halides is 1. The summed E-state index contributed by atoms with van der Waals surface area (Å²) in [6.07, 6.45) is 1.80. The molecule has 0 saturated carbocycles. The second-order valence-electron chi connectivity index (χ2n) is 3.72. The molecule has 1 nitrogen and oxygen atoms in total. The highest BCUT2D eigenvalue weighted by molar-refractivity contribution is 7.99. The van der Waals surface area contributed by atoms with Gasteiger partial charge in [0.25, 0.3) is 0 Å². The Morgan fingerprint density at radius 2 is 2.25 bits per heavy atom. The lowest BCUT2D eigenvalue weighted by atomic mass is 10.2. The van der Waals surface area contributed by atoms with Crippen LogP contribution in [0.3, 0.4) is 0 Å². The molecule has 3 heteroatoms. The second kappa shape index (κ2) is 8.59. The van der Waals surface area contributed by atoms with E-state index >= 15 is 0 Å². The number of halogens is 1. The Bertz CT molecular complexity index is 266. The Morgan fingerprint density at radius 1 is 1.38 bits per heavy atom. The van der Waals surface area contributed by atoms with Gasteiger partial charge in [0.15, 0.2) is 0 Å². The number of nitrogens with one attached hydrogen (secondary N) is 1. The summed E-state index contributed by atoms with van der Waals surface area (Å²) in [4.78, 5) is 1.24. The van der Waals surface area contributed by atoms with Gasteiger partial charge in [-0.3, -0.25) is 4.39 Å². The molecular formula is C13H20FNS. The molecule has 0 atom stereocenters. The molecule has 0 heterocycles. The summed E-state index contributed by atoms with van der Waals surface area (Å²) in [5, 5.41) is 3.38. The van der Waals surface area contributed by atoms with Crippen LogP contribution in [0.1, 0.15) is 25.3 Å². The molecule has 0 aromatic heterocycles. The predicted octanol–water partition coefficient (Wildman–Crippen LogP) is 3.64. The molecular weight excluding hydrogens is 221 g/mol. The van der Waals surface area contributed by atoms with Gasteiger partial charge in [-0.05, 0) is 37.1 Å². The summed E-state index contributed by atoms with van der Waals surface area (Å²) in [5.74, 6) is 0.863. The highest BCUT2D eigenvalue weighted by atomic mass is 32.2. The minimum absolute atomic E-state index is 0.218. The van der Waals surface area contributed by atoms with Crippen molar-refractivity contribution in [2.75, 3.05) is 19.0 Å². The van der Waals surface area contributed by atoms with Crippen LogP contribution in [0.2, 0.25) is 0 Å². The van der Waals surface area contributed by atoms with Crippen LogP contribution in [0.25, 0.3) is 0 Å². The van der Waals surface area contributed by atoms with E-state index in [-0.39, 0.29) is 6.67 Å². The molecule has 1 rings (SSSR count). The van der Waals surface area contributed by atoms with E-state index in [9.17, 15) is 4.39 Å². The molecule has 1 N–H and O–H groups in total. The zero-order valence-electron chi connectivity index (χ0n) is 9.84. The number of benzene rings is 1. The molecule has 0 unspecified atom stereocenters. The van der Waals surface area contributed by atoms with Crippen LogP contribution in [0.15, 0.2) is 29.2 Å². The zero-order chi connectivity index (χ0) is 11.6. The molecule has 0 spiro atoms. The molecule has 1 aromatic carbocycles. The minimum Gasteiger partial charge on any atom is -0.313 e. The van der Waals surface area contributed by atoms with Gasteiger partial charge < -0.3 is 5.32 Å². The molecule has 0 amide bonds. The van der Waals surface area contributed by atoms with Gasteiger partial charge in [0.2, 0.25) is 0 Å². The molecule has 0 aliphatic rings. The Labute approximate surface area is 102 Å². The van der Waals surface area contributed by atoms with Crippen molar-refractivity contribution in [1.29, 1.82) is 0 Å². The van der Waals surface area contributed by atoms with Crippen LogP contribution < -0.4 is 5.32 Å². The number of hydrogen-bond donors (Lipinski definition) is 1. The van der Waals surface area contributed by atoms with E-state index in [1.54, 1.807) is 11.8 Å². The quantitative estimate of drug-likeness (QED) is 0.551. The van der Waals surface area contributed by atoms with Gasteiger partial charge >= 0.3 is 0 Å². The van der Waals surface area contributed by atoms with Crippen LogP contribution in [0.5, 0.6) is 0 Å². The summed E-state index contributed by atoms with van der Waals surface area (Å²) in [5.41, 5.74) is 1.30. The van der Waals surface area contributed by atoms with Crippen molar-refractivity contribution < 1.29 is 4.39 Å². The molecule has 16 heavy (non-hydrogen) atoms. The first-order chi connectivity index (χ1) is 7.86. The first-order valence-electron chi connectivity index (χ1n) is 5.85. The smallest absolute Gasteiger partial charge is 0.0902 e. The van der Waals surface area contributed by atoms with Crippen molar-refractivity contribution >= 4 is 11.8 Å². The van der Waals surface area contributed by atoms with Gasteiger partial charge in [-0.25, -0.2) is 0 Å². The van der Waals surface area contributed by atoms with E-state index < -0.39 is 0 Å². The standard InChI is InChI=1S/C13H20FNS/c1-2-8-15-11-12-5-3-6-13(10-12)16-9-4-7-14/h3,5-6,10,15H,2,4,7-9,11H2,1H3. The summed E-state index contributed by atoms with van der Waals surface area (Å²) in [6, 6.07) is 8.47. The predicted molar refractivity (Wildman–Crippen MR) is 69.8 cm³/mol. The van der Waals surface area contributed by atoms with Gasteiger partial charge in [0.05, 0.1) is 6.67 Å². The van der Waals surface area contributed by atoms with Crippen molar-refractivity contribution in [1.82, 2.24) is 5.32 Å². The Kier molecular flexibility index (Phi) is 7.26. The molecule has 0 aliphatic heterocycles. The third-order valence-corrected chi connectivity index (χ3v) is 3.28. The highest BCUT2D eigenvalue weighted by Gasteiger charge is 1.97. The van der Waals surface area contributed by atoms with E-state index in [1.165, 1.54) is 10.5 Å². The van der Waals surface area contributed by atoms with E-state index in [0.717, 1.165) is 25.3 Å². The van der Waals surface area contributed by atoms with Gasteiger partial charge in [-0.1, -0.05) is 19.1 Å². The minimum atomic E-state index is -0.218. The lowest BCUT2D eigenvalue weighted by molar-refractivity contribution is 0.489. The fourth-order valence-electron chi connectivity index (χ4n) is 1.40. The van der Waals surface area contributed by atoms with E-state index in [4.69, 9.17) is 0 Å². The Hall–Kier alpha value is -0.540. The van der Waals surface area contributed by atoms with Gasteiger partial charge in [-0.15, -0.1) is 11.8 Å². The number of hydrogen-bond acceptors (Lipinski definition) is 2. The maximum absolute atomic E-state index is 12.0. The van der Waals surface area contributed by atoms with Crippen LogP contribution in [-0.4, -0.2) is 19.0 Å². The van der Waals surface area contributed by atoms with Gasteiger partial charge in [0.1, 0.15) is 0 Å². The number of thioether (sulfide) groups is 1. The largest absolute Gasteiger partial charge is 0.313 e. The average molecular weight is 241 g/mol. The summed E-state index contributed by atoms with van der Waals surface area (Å²) < 4.78 is 12.0. The van der Waals surface area contributed by atoms with Crippen LogP contribution in [0, 0.1) is 0 Å². The summed E-state index contributed by atoms with van der Waals surface area (Å²) >= 11 is 1.73. The third-order valence-electron chi connectivity index (χ3n) is 2.20. The topological polar surface area (TPSA) is 12.0 Å². The first kappa shape index (κ1) is 13.5. The molecule has 0 fully saturated rings. The Balaban J connectivity index is 2.37. The second-order valence-corrected chi connectivity index (χ2v) is 4.88. The SMILES string of the molecule is CCCNCc1cccc(SCCCF)c1. The van der Waals surface area contributed by atoms with Crippen molar-refractivity contribution in [3.05, 3.63) is 29.8 Å². The normalized spacial score (nSPS) is 10.6. The molecule has 90 valence electrons. The molecule has 0 saturated heterocycles. The molecule has 1 aromatic rings. The zero-order valence-corrected chi connectivity index (χ0v) is 10.7. The van der Waals surface area contributed by atoms with E-state index in [0.29, 0.717) is 6.42 Å². The van der Waals surface area contributed by atoms with Crippen LogP contribution >= 0.6 is 11.8 Å². The van der Waals surface area contributed by atoms with Crippen molar-refractivity contribution in [2.24, 2.45) is 0 Å². The highest BCUT2D eigenvalue weighted by Crippen LogP contribution is 2.19. The molecule has 0 aliphatic carbocycles. The monoisotopic (exact) mass is 241 g/mol. The van der Waals surface area contributed by atoms with Gasteiger partial charge in [0, 0.05) is 17.2 Å². The van der Waals surface area contributed by atoms with Crippen molar-refractivity contribution in [2.45, 2.75) is 31.2 Å². The fraction of sp³-hybridized carbons (Fsp3) is 0.538. The van der Waals surface area contributed by atoms with Crippen LogP contribution in [-0.2, 0) is 6.54 Å². The molecule has 0 radical (unpaired) electrons. The lowest BCUT2D eigenvalue weighted by Gasteiger charge is -2.05. The summed E-state index contributed by atoms with van der Waals surface area (Å²) in [6.45, 7) is 3.92. The van der Waals surface area contributed by atoms with Crippen molar-refractivity contribution in [3.8, 4) is 0 Å². The lowest BCUT2D eigenvalue weighted by Crippen LogP contribution is -2.13. The maximum Gasteiger partial charge on any atom is 0.0902 e. The van der Waals surface area contributed by atoms with Gasteiger partial charge in [-0.2, -0.15) is 0 Å². The van der Waals surface area contributed by atoms with Crippen LogP contribution in [0.4, 0.5) is 4.39 Å². The Morgan fingerprint density at radius 3 is 3.00 bits per heavy atom. The number of rotatable bonds is 8. The summed E-state index contributed by atoms with van der Waals surface area (Å²) in [7, 11) is 0. The van der Waals surface area contributed by atoms with E-state index in [1.807, 2.05) is 0 Å². The third kappa shape index (κ3) is 5.52.